The van der Waals surface area contributed by atoms with Gasteiger partial charge in [-0.1, -0.05) is 28.1 Å². The van der Waals surface area contributed by atoms with E-state index in [4.69, 9.17) is 17.3 Å². The third-order valence-electron chi connectivity index (χ3n) is 2.91. The number of benzene rings is 1. The summed E-state index contributed by atoms with van der Waals surface area (Å²) >= 11 is 9.13. The Morgan fingerprint density at radius 3 is 2.60 bits per heavy atom. The zero-order valence-corrected chi connectivity index (χ0v) is 12.8. The molecule has 20 heavy (non-hydrogen) atoms. The average Bonchev–Trinajstić information content (AvgIpc) is 2.78. The van der Waals surface area contributed by atoms with Gasteiger partial charge in [0.2, 0.25) is 0 Å². The minimum Gasteiger partial charge on any atom is -0.394 e. The van der Waals surface area contributed by atoms with E-state index in [1.165, 1.54) is 4.68 Å². The number of aromatic nitrogens is 2. The van der Waals surface area contributed by atoms with E-state index in [2.05, 4.69) is 27.1 Å². The first kappa shape index (κ1) is 14.9. The summed E-state index contributed by atoms with van der Waals surface area (Å²) in [5, 5.41) is 22.9. The molecule has 0 bridgehead atoms. The number of nitriles is 1. The maximum atomic E-state index is 9.29. The molecule has 0 aliphatic rings. The van der Waals surface area contributed by atoms with Crippen molar-refractivity contribution in [1.29, 1.82) is 5.26 Å². The molecule has 0 radical (unpaired) electrons. The number of nitrogen functional groups attached to an aromatic ring is 1. The Labute approximate surface area is 129 Å². The van der Waals surface area contributed by atoms with Crippen molar-refractivity contribution >= 4 is 33.3 Å². The standard InChI is InChI=1S/C13H12BrClN4O/c14-9-3-1-8(2-4-9)12-11(6-16)13(17)19(18-12)10(5-15)7-20/h1-4,10,20H,5,7,17H2. The second-order valence-electron chi connectivity index (χ2n) is 4.16. The maximum absolute atomic E-state index is 9.29. The summed E-state index contributed by atoms with van der Waals surface area (Å²) in [5.41, 5.74) is 7.49. The highest BCUT2D eigenvalue weighted by Gasteiger charge is 2.21. The molecule has 1 aromatic carbocycles. The van der Waals surface area contributed by atoms with E-state index in [-0.39, 0.29) is 23.9 Å². The highest BCUT2D eigenvalue weighted by molar-refractivity contribution is 9.10. The third kappa shape index (κ3) is 2.66. The fourth-order valence-electron chi connectivity index (χ4n) is 1.84. The van der Waals surface area contributed by atoms with Crippen LogP contribution in [0, 0.1) is 11.3 Å². The molecular formula is C13H12BrClN4O. The van der Waals surface area contributed by atoms with Crippen molar-refractivity contribution in [1.82, 2.24) is 9.78 Å². The first-order chi connectivity index (χ1) is 9.62. The van der Waals surface area contributed by atoms with Crippen LogP contribution in [0.4, 0.5) is 5.82 Å². The topological polar surface area (TPSA) is 87.9 Å². The van der Waals surface area contributed by atoms with Crippen LogP contribution in [0.25, 0.3) is 11.3 Å². The van der Waals surface area contributed by atoms with E-state index in [1.54, 1.807) is 0 Å². The molecule has 5 nitrogen and oxygen atoms in total. The second-order valence-corrected chi connectivity index (χ2v) is 5.39. The lowest BCUT2D eigenvalue weighted by molar-refractivity contribution is 0.233. The average molecular weight is 356 g/mol. The van der Waals surface area contributed by atoms with E-state index in [9.17, 15) is 10.4 Å². The predicted octanol–water partition coefficient (Wildman–Crippen LogP) is 2.54. The second kappa shape index (κ2) is 6.27. The highest BCUT2D eigenvalue weighted by atomic mass is 79.9. The van der Waals surface area contributed by atoms with Gasteiger partial charge < -0.3 is 10.8 Å². The molecule has 2 rings (SSSR count). The molecule has 0 fully saturated rings. The number of halogens is 2. The van der Waals surface area contributed by atoms with Gasteiger partial charge in [-0.3, -0.25) is 0 Å². The largest absolute Gasteiger partial charge is 0.394 e. The molecule has 0 aliphatic heterocycles. The van der Waals surface area contributed by atoms with Gasteiger partial charge in [0.25, 0.3) is 0 Å². The van der Waals surface area contributed by atoms with Crippen LogP contribution in [-0.4, -0.2) is 27.4 Å². The predicted molar refractivity (Wildman–Crippen MR) is 81.3 cm³/mol. The number of hydrogen-bond acceptors (Lipinski definition) is 4. The Kier molecular flexibility index (Phi) is 4.65. The summed E-state index contributed by atoms with van der Waals surface area (Å²) in [6, 6.07) is 9.00. The molecular weight excluding hydrogens is 344 g/mol. The summed E-state index contributed by atoms with van der Waals surface area (Å²) in [5.74, 6) is 0.373. The van der Waals surface area contributed by atoms with Gasteiger partial charge in [-0.15, -0.1) is 11.6 Å². The van der Waals surface area contributed by atoms with Gasteiger partial charge in [0, 0.05) is 15.9 Å². The summed E-state index contributed by atoms with van der Waals surface area (Å²) in [7, 11) is 0. The molecule has 1 atom stereocenters. The zero-order chi connectivity index (χ0) is 14.7. The Morgan fingerprint density at radius 1 is 1.45 bits per heavy atom. The molecule has 0 saturated carbocycles. The van der Waals surface area contributed by atoms with Crippen LogP contribution in [0.2, 0.25) is 0 Å². The summed E-state index contributed by atoms with van der Waals surface area (Å²) in [4.78, 5) is 0. The zero-order valence-electron chi connectivity index (χ0n) is 10.4. The SMILES string of the molecule is N#Cc1c(-c2ccc(Br)cc2)nn(C(CO)CCl)c1N. The quantitative estimate of drug-likeness (QED) is 0.825. The molecule has 0 amide bonds. The number of anilines is 1. The molecule has 2 aromatic rings. The van der Waals surface area contributed by atoms with E-state index >= 15 is 0 Å². The maximum Gasteiger partial charge on any atom is 0.140 e. The van der Waals surface area contributed by atoms with Crippen molar-refractivity contribution in [2.75, 3.05) is 18.2 Å². The van der Waals surface area contributed by atoms with Crippen molar-refractivity contribution < 1.29 is 5.11 Å². The molecule has 7 heteroatoms. The summed E-state index contributed by atoms with van der Waals surface area (Å²) in [6.07, 6.45) is 0. The number of aliphatic hydroxyl groups excluding tert-OH is 1. The van der Waals surface area contributed by atoms with Gasteiger partial charge >= 0.3 is 0 Å². The van der Waals surface area contributed by atoms with Crippen molar-refractivity contribution in [3.05, 3.63) is 34.3 Å². The molecule has 3 N–H and O–H groups in total. The van der Waals surface area contributed by atoms with E-state index in [0.717, 1.165) is 10.0 Å². The molecule has 1 aromatic heterocycles. The first-order valence-corrected chi connectivity index (χ1v) is 7.16. The highest BCUT2D eigenvalue weighted by Crippen LogP contribution is 2.29. The van der Waals surface area contributed by atoms with Gasteiger partial charge in [-0.05, 0) is 12.1 Å². The minimum absolute atomic E-state index is 0.160. The number of aliphatic hydroxyl groups is 1. The molecule has 1 heterocycles. The van der Waals surface area contributed by atoms with Crippen molar-refractivity contribution in [3.8, 4) is 17.3 Å². The molecule has 0 aliphatic carbocycles. The van der Waals surface area contributed by atoms with Gasteiger partial charge in [-0.2, -0.15) is 10.4 Å². The fraction of sp³-hybridized carbons (Fsp3) is 0.231. The van der Waals surface area contributed by atoms with Crippen LogP contribution in [-0.2, 0) is 0 Å². The normalized spacial score (nSPS) is 12.1. The van der Waals surface area contributed by atoms with Crippen LogP contribution in [0.3, 0.4) is 0 Å². The van der Waals surface area contributed by atoms with E-state index < -0.39 is 6.04 Å². The Hall–Kier alpha value is -1.55. The van der Waals surface area contributed by atoms with E-state index in [1.807, 2.05) is 24.3 Å². The number of nitrogens with zero attached hydrogens (tertiary/aromatic N) is 3. The molecule has 0 spiro atoms. The lowest BCUT2D eigenvalue weighted by Gasteiger charge is -2.12. The smallest absolute Gasteiger partial charge is 0.140 e. The van der Waals surface area contributed by atoms with Gasteiger partial charge in [0.15, 0.2) is 0 Å². The number of alkyl halides is 1. The lowest BCUT2D eigenvalue weighted by atomic mass is 10.1. The van der Waals surface area contributed by atoms with Crippen molar-refractivity contribution in [3.63, 3.8) is 0 Å². The Morgan fingerprint density at radius 2 is 2.10 bits per heavy atom. The number of hydrogen-bond donors (Lipinski definition) is 2. The van der Waals surface area contributed by atoms with Gasteiger partial charge in [0.05, 0.1) is 12.6 Å². The van der Waals surface area contributed by atoms with E-state index in [0.29, 0.717) is 5.69 Å². The van der Waals surface area contributed by atoms with Gasteiger partial charge in [0.1, 0.15) is 23.1 Å². The van der Waals surface area contributed by atoms with Crippen LogP contribution in [0.1, 0.15) is 11.6 Å². The monoisotopic (exact) mass is 354 g/mol. The number of rotatable bonds is 4. The Bertz CT molecular complexity index is 644. The van der Waals surface area contributed by atoms with Crippen LogP contribution in [0.15, 0.2) is 28.7 Å². The van der Waals surface area contributed by atoms with Crippen molar-refractivity contribution in [2.24, 2.45) is 0 Å². The summed E-state index contributed by atoms with van der Waals surface area (Å²) in [6.45, 7) is -0.194. The Balaban J connectivity index is 2.57. The minimum atomic E-state index is -0.451. The first-order valence-electron chi connectivity index (χ1n) is 5.83. The third-order valence-corrected chi connectivity index (χ3v) is 3.80. The van der Waals surface area contributed by atoms with Crippen LogP contribution < -0.4 is 5.73 Å². The molecule has 0 saturated heterocycles. The van der Waals surface area contributed by atoms with Crippen molar-refractivity contribution in [2.45, 2.75) is 6.04 Å². The lowest BCUT2D eigenvalue weighted by Crippen LogP contribution is -2.18. The molecule has 104 valence electrons. The van der Waals surface area contributed by atoms with Crippen LogP contribution in [0.5, 0.6) is 0 Å². The molecule has 1 unspecified atom stereocenters. The van der Waals surface area contributed by atoms with Crippen LogP contribution >= 0.6 is 27.5 Å². The number of nitrogens with two attached hydrogens (primary N) is 1. The fourth-order valence-corrected chi connectivity index (χ4v) is 2.33. The summed E-state index contributed by atoms with van der Waals surface area (Å²) < 4.78 is 2.34. The van der Waals surface area contributed by atoms with Gasteiger partial charge in [-0.25, -0.2) is 4.68 Å².